The zero-order valence-corrected chi connectivity index (χ0v) is 30.5. The molecule has 54 heavy (non-hydrogen) atoms. The maximum atomic E-state index is 12.6. The molecule has 1 fully saturated rings. The van der Waals surface area contributed by atoms with Crippen molar-refractivity contribution in [3.63, 3.8) is 0 Å². The number of carboxylic acids is 2. The minimum Gasteiger partial charge on any atom is -0.550 e. The van der Waals surface area contributed by atoms with Crippen LogP contribution in [-0.2, 0) is 27.0 Å². The Labute approximate surface area is 323 Å². The second kappa shape index (κ2) is 18.2. The van der Waals surface area contributed by atoms with Crippen LogP contribution in [0, 0.1) is 0 Å². The summed E-state index contributed by atoms with van der Waals surface area (Å²) in [5.41, 5.74) is 9.44. The van der Waals surface area contributed by atoms with E-state index in [1.54, 1.807) is 23.3 Å². The number of alkyl halides is 3. The number of nitrogens with one attached hydrogen (secondary N) is 2. The van der Waals surface area contributed by atoms with E-state index < -0.39 is 78.3 Å². The van der Waals surface area contributed by atoms with E-state index in [1.165, 1.54) is 12.1 Å². The van der Waals surface area contributed by atoms with Crippen molar-refractivity contribution in [3.05, 3.63) is 74.3 Å². The number of nitrogens with zero attached hydrogens (tertiary/aromatic N) is 6. The number of rotatable bonds is 11. The van der Waals surface area contributed by atoms with E-state index in [-0.39, 0.29) is 59.7 Å². The first kappa shape index (κ1) is 43.2. The first-order valence-electron chi connectivity index (χ1n) is 15.3. The molecule has 4 aromatic rings. The number of nitrogens with two attached hydrogens (primary N) is 2. The molecule has 4 heterocycles. The molecule has 1 aromatic carbocycles. The van der Waals surface area contributed by atoms with Crippen molar-refractivity contribution >= 4 is 46.5 Å². The van der Waals surface area contributed by atoms with Gasteiger partial charge < -0.3 is 51.6 Å². The molecule has 0 spiro atoms. The third kappa shape index (κ3) is 10.9. The number of hydrogen-bond acceptors (Lipinski definition) is 16. The summed E-state index contributed by atoms with van der Waals surface area (Å²) < 4.78 is 43.4. The minimum atomic E-state index is -4.92. The van der Waals surface area contributed by atoms with Crippen LogP contribution in [0.15, 0.2) is 46.2 Å². The van der Waals surface area contributed by atoms with Gasteiger partial charge in [0.2, 0.25) is 5.95 Å². The Hall–Kier alpha value is -5.20. The van der Waals surface area contributed by atoms with Gasteiger partial charge in [-0.05, 0) is 37.1 Å². The predicted octanol–water partition coefficient (Wildman–Crippen LogP) is -4.87. The van der Waals surface area contributed by atoms with Gasteiger partial charge in [-0.3, -0.25) is 19.1 Å². The van der Waals surface area contributed by atoms with Crippen molar-refractivity contribution in [2.75, 3.05) is 30.0 Å². The van der Waals surface area contributed by atoms with E-state index in [0.717, 1.165) is 5.69 Å². The molecule has 0 radical (unpaired) electrons. The molecular weight excluding hydrogens is 740 g/mol. The van der Waals surface area contributed by atoms with Gasteiger partial charge in [0.05, 0.1) is 31.1 Å². The molecule has 0 aliphatic carbocycles. The summed E-state index contributed by atoms with van der Waals surface area (Å²) in [5, 5.41) is 40.4. The molecule has 1 aliphatic heterocycles. The van der Waals surface area contributed by atoms with Gasteiger partial charge in [-0.15, -0.1) is 0 Å². The van der Waals surface area contributed by atoms with Gasteiger partial charge in [-0.1, -0.05) is 0 Å². The Morgan fingerprint density at radius 3 is 2.41 bits per heavy atom. The molecule has 284 valence electrons. The summed E-state index contributed by atoms with van der Waals surface area (Å²) in [6.45, 7) is -0.176. The topological polar surface area (TPSA) is 318 Å². The first-order valence-corrected chi connectivity index (χ1v) is 15.3. The number of aliphatic carboxylic acids is 2. The van der Waals surface area contributed by atoms with Crippen molar-refractivity contribution in [2.24, 2.45) is 0 Å². The third-order valence-electron chi connectivity index (χ3n) is 7.68. The van der Waals surface area contributed by atoms with Crippen LogP contribution in [-0.4, -0.2) is 94.6 Å². The largest absolute Gasteiger partial charge is 1.00 e. The Balaban J connectivity index is 0.000000320. The van der Waals surface area contributed by atoms with Crippen LogP contribution in [0.5, 0.6) is 0 Å². The predicted molar refractivity (Wildman–Crippen MR) is 174 cm³/mol. The number of fused-ring (bicyclic) bond motifs is 1. The molecule has 0 saturated carbocycles. The molecule has 4 atom stereocenters. The molecule has 3 aromatic heterocycles. The molecule has 1 aliphatic rings. The van der Waals surface area contributed by atoms with Crippen LogP contribution in [0.2, 0.25) is 0 Å². The number of halogens is 3. The monoisotopic (exact) mass is 772 g/mol. The zero-order valence-electron chi connectivity index (χ0n) is 28.5. The van der Waals surface area contributed by atoms with Crippen LogP contribution in [0.25, 0.3) is 11.2 Å². The number of carbonyl (C=O) groups is 3. The van der Waals surface area contributed by atoms with E-state index in [9.17, 15) is 47.4 Å². The quantitative estimate of drug-likeness (QED) is 0.0703. The number of hydrogen-bond donors (Lipinski definition) is 7. The average molecular weight is 773 g/mol. The second-order valence-electron chi connectivity index (χ2n) is 11.5. The fourth-order valence-corrected chi connectivity index (χ4v) is 4.97. The van der Waals surface area contributed by atoms with E-state index in [2.05, 4.69) is 25.3 Å². The summed E-state index contributed by atoms with van der Waals surface area (Å²) in [5.74, 6) is -3.21. The van der Waals surface area contributed by atoms with E-state index in [0.29, 0.717) is 34.2 Å². The molecule has 1 amide bonds. The number of nitrogen functional groups attached to an aromatic ring is 2. The second-order valence-corrected chi connectivity index (χ2v) is 11.5. The summed E-state index contributed by atoms with van der Waals surface area (Å²) in [6, 6.07) is 5.08. The molecule has 20 nitrogen and oxygen atoms in total. The van der Waals surface area contributed by atoms with Crippen molar-refractivity contribution in [1.29, 1.82) is 0 Å². The molecular formula is C30H32F3N10NaO10. The number of aromatic amines is 1. The van der Waals surface area contributed by atoms with Crippen LogP contribution in [0.1, 0.15) is 47.1 Å². The number of anilines is 3. The number of aromatic nitrogens is 6. The number of H-pyrrole nitrogens is 1. The van der Waals surface area contributed by atoms with Crippen LogP contribution >= 0.6 is 0 Å². The van der Waals surface area contributed by atoms with Crippen molar-refractivity contribution < 1.29 is 82.3 Å². The van der Waals surface area contributed by atoms with Crippen LogP contribution in [0.3, 0.4) is 0 Å². The van der Waals surface area contributed by atoms with E-state index >= 15 is 0 Å². The van der Waals surface area contributed by atoms with Crippen molar-refractivity contribution in [1.82, 2.24) is 34.8 Å². The fraction of sp³-hybridized carbons (Fsp3) is 0.367. The standard InChI is InChI=1S/C20H22N8O5.C10H11F3N2O5.Na/c1-28(9-11-8-23-17-15(24-11)16(21)26-20(22)27-17)12-4-2-10(3-5-12)18(31)25-13(19(32)33)6-7-14(29)30;11-10(12,13)4-2-15(9(19)14-8(4)18)7-1-5(17)6(3-16)20-7;/h2-5,8,13H,6-7,9H2,1H3,(H,25,31)(H,29,30)(H,32,33)(H4,21,22,23,26,27);2,5-7,16-17H,1,3H2,(H,14,18,19);/q;;+1/p-1/t13-;5-,6+,7+;/m00./s1. The van der Waals surface area contributed by atoms with Gasteiger partial charge >= 0.3 is 47.4 Å². The maximum absolute atomic E-state index is 12.6. The number of amides is 1. The average Bonchev–Trinajstić information content (AvgIpc) is 3.46. The number of aliphatic hydroxyl groups excluding tert-OH is 2. The number of ether oxygens (including phenoxy) is 1. The normalized spacial score (nSPS) is 17.1. The van der Waals surface area contributed by atoms with E-state index in [1.807, 2.05) is 11.9 Å². The Morgan fingerprint density at radius 2 is 1.83 bits per heavy atom. The molecule has 0 bridgehead atoms. The molecule has 9 N–H and O–H groups in total. The SMILES string of the molecule is CN(Cc1cnc2nc(N)nc(N)c2n1)c1ccc(C(=O)N[C@@H](CCC(=O)[O-])C(=O)O)cc1.O=c1[nH]c(=O)n([C@H]2C[C@H](O)[C@@H](CO)O2)cc1C(F)(F)F.[Na+]. The molecule has 5 rings (SSSR count). The van der Waals surface area contributed by atoms with Gasteiger partial charge in [-0.2, -0.15) is 23.1 Å². The van der Waals surface area contributed by atoms with Crippen molar-refractivity contribution in [2.45, 2.75) is 56.5 Å². The van der Waals surface area contributed by atoms with Gasteiger partial charge in [0.15, 0.2) is 17.0 Å². The van der Waals surface area contributed by atoms with Gasteiger partial charge in [-0.25, -0.2) is 19.6 Å². The number of carboxylic acid groups (broad SMARTS) is 2. The molecule has 1 saturated heterocycles. The molecule has 0 unspecified atom stereocenters. The van der Waals surface area contributed by atoms with Crippen LogP contribution in [0.4, 0.5) is 30.6 Å². The third-order valence-corrected chi connectivity index (χ3v) is 7.68. The zero-order chi connectivity index (χ0) is 39.2. The van der Waals surface area contributed by atoms with Crippen LogP contribution < -0.4 is 67.6 Å². The molecule has 24 heteroatoms. The van der Waals surface area contributed by atoms with Gasteiger partial charge in [0, 0.05) is 36.9 Å². The van der Waals surface area contributed by atoms with Gasteiger partial charge in [0.1, 0.15) is 23.9 Å². The Morgan fingerprint density at radius 1 is 1.17 bits per heavy atom. The van der Waals surface area contributed by atoms with Gasteiger partial charge in [0.25, 0.3) is 11.5 Å². The minimum absolute atomic E-state index is 0. The fourth-order valence-electron chi connectivity index (χ4n) is 4.97. The number of aliphatic hydroxyl groups is 2. The summed E-state index contributed by atoms with van der Waals surface area (Å²) in [7, 11) is 1.81. The van der Waals surface area contributed by atoms with Crippen molar-refractivity contribution in [3.8, 4) is 0 Å². The Kier molecular flexibility index (Phi) is 14.6. The Bertz CT molecular complexity index is 2100. The first-order chi connectivity index (χ1) is 24.9. The summed E-state index contributed by atoms with van der Waals surface area (Å²) in [4.78, 5) is 76.7. The van der Waals surface area contributed by atoms with E-state index in [4.69, 9.17) is 26.4 Å². The maximum Gasteiger partial charge on any atom is 1.00 e. The summed E-state index contributed by atoms with van der Waals surface area (Å²) in [6.07, 6.45) is -7.25. The number of carbonyl (C=O) groups excluding carboxylic acids is 2. The number of benzene rings is 1. The smallest absolute Gasteiger partial charge is 0.550 e. The summed E-state index contributed by atoms with van der Waals surface area (Å²) >= 11 is 0.